The number of nitrogens with one attached hydrogen (secondary N) is 1. The molecule has 0 fully saturated rings. The summed E-state index contributed by atoms with van der Waals surface area (Å²) < 4.78 is 4.74. The molecule has 4 heteroatoms. The Hall–Kier alpha value is -1.32. The second-order valence-electron chi connectivity index (χ2n) is 2.23. The van der Waals surface area contributed by atoms with Gasteiger partial charge in [-0.05, 0) is 6.42 Å². The molecule has 0 aromatic heterocycles. The van der Waals surface area contributed by atoms with Gasteiger partial charge in [-0.25, -0.2) is 4.79 Å². The normalized spacial score (nSPS) is 8.75. The second kappa shape index (κ2) is 6.39. The number of amides is 1. The highest BCUT2D eigenvalue weighted by Gasteiger charge is 2.05. The first-order valence-electron chi connectivity index (χ1n) is 3.78. The molecule has 1 amide bonds. The number of ether oxygens (including phenoxy) is 1. The topological polar surface area (TPSA) is 55.4 Å². The van der Waals surface area contributed by atoms with E-state index in [1.54, 1.807) is 0 Å². The van der Waals surface area contributed by atoms with E-state index >= 15 is 0 Å². The Labute approximate surface area is 71.6 Å². The summed E-state index contributed by atoms with van der Waals surface area (Å²) in [6.07, 6.45) is 2.17. The molecular formula is C8H13NO3. The molecule has 0 spiro atoms. The van der Waals surface area contributed by atoms with Gasteiger partial charge in [0.1, 0.15) is 5.70 Å². The van der Waals surface area contributed by atoms with Gasteiger partial charge in [-0.2, -0.15) is 0 Å². The van der Waals surface area contributed by atoms with Crippen LogP contribution in [0.4, 0.5) is 0 Å². The number of carbonyl (C=O) groups is 2. The SMILES string of the molecule is C=C(NC=O)C(=O)OCCCC. The zero-order valence-electron chi connectivity index (χ0n) is 7.13. The molecule has 0 atom stereocenters. The van der Waals surface area contributed by atoms with Gasteiger partial charge in [0.25, 0.3) is 0 Å². The molecule has 0 bridgehead atoms. The summed E-state index contributed by atoms with van der Waals surface area (Å²) in [4.78, 5) is 20.7. The van der Waals surface area contributed by atoms with Gasteiger partial charge in [0.15, 0.2) is 0 Å². The molecule has 0 aromatic carbocycles. The molecule has 1 N–H and O–H groups in total. The largest absolute Gasteiger partial charge is 0.461 e. The predicted molar refractivity (Wildman–Crippen MR) is 44.2 cm³/mol. The Bertz CT molecular complexity index is 177. The van der Waals surface area contributed by atoms with Crippen molar-refractivity contribution < 1.29 is 14.3 Å². The molecule has 0 saturated heterocycles. The van der Waals surface area contributed by atoms with Crippen LogP contribution in [0.3, 0.4) is 0 Å². The maximum Gasteiger partial charge on any atom is 0.354 e. The van der Waals surface area contributed by atoms with Crippen molar-refractivity contribution in [2.45, 2.75) is 19.8 Å². The maximum absolute atomic E-state index is 10.9. The van der Waals surface area contributed by atoms with Crippen LogP contribution in [0.5, 0.6) is 0 Å². The summed E-state index contributed by atoms with van der Waals surface area (Å²) in [5, 5.41) is 2.12. The van der Waals surface area contributed by atoms with E-state index in [0.29, 0.717) is 13.0 Å². The summed E-state index contributed by atoms with van der Waals surface area (Å²) in [5.41, 5.74) is -0.0268. The van der Waals surface area contributed by atoms with E-state index in [2.05, 4.69) is 11.9 Å². The maximum atomic E-state index is 10.9. The molecule has 0 aliphatic carbocycles. The first-order valence-corrected chi connectivity index (χ1v) is 3.78. The molecular weight excluding hydrogens is 158 g/mol. The van der Waals surface area contributed by atoms with Crippen molar-refractivity contribution in [1.82, 2.24) is 5.32 Å². The highest BCUT2D eigenvalue weighted by Crippen LogP contribution is 1.92. The van der Waals surface area contributed by atoms with E-state index in [4.69, 9.17) is 4.74 Å². The first-order chi connectivity index (χ1) is 5.72. The quantitative estimate of drug-likeness (QED) is 0.275. The number of hydrogen-bond donors (Lipinski definition) is 1. The number of hydrogen-bond acceptors (Lipinski definition) is 3. The third-order valence-corrected chi connectivity index (χ3v) is 1.21. The van der Waals surface area contributed by atoms with Crippen molar-refractivity contribution in [3.8, 4) is 0 Å². The number of rotatable bonds is 6. The van der Waals surface area contributed by atoms with Crippen molar-refractivity contribution in [2.24, 2.45) is 0 Å². The van der Waals surface area contributed by atoms with Crippen LogP contribution in [0, 0.1) is 0 Å². The van der Waals surface area contributed by atoms with Gasteiger partial charge in [0.2, 0.25) is 6.41 Å². The van der Waals surface area contributed by atoms with Gasteiger partial charge in [-0.15, -0.1) is 0 Å². The first kappa shape index (κ1) is 10.7. The fourth-order valence-corrected chi connectivity index (χ4v) is 0.526. The average molecular weight is 171 g/mol. The zero-order chi connectivity index (χ0) is 9.40. The average Bonchev–Trinajstić information content (AvgIpc) is 2.05. The smallest absolute Gasteiger partial charge is 0.354 e. The lowest BCUT2D eigenvalue weighted by Gasteiger charge is -2.03. The van der Waals surface area contributed by atoms with Crippen LogP contribution in [0.1, 0.15) is 19.8 Å². The molecule has 68 valence electrons. The van der Waals surface area contributed by atoms with Gasteiger partial charge in [0.05, 0.1) is 6.61 Å². The molecule has 4 nitrogen and oxygen atoms in total. The molecule has 0 aliphatic heterocycles. The summed E-state index contributed by atoms with van der Waals surface area (Å²) in [6.45, 7) is 5.67. The summed E-state index contributed by atoms with van der Waals surface area (Å²) in [5.74, 6) is -0.574. The Morgan fingerprint density at radius 1 is 1.67 bits per heavy atom. The third-order valence-electron chi connectivity index (χ3n) is 1.21. The minimum Gasteiger partial charge on any atom is -0.461 e. The Kier molecular flexibility index (Phi) is 5.69. The standard InChI is InChI=1S/C8H13NO3/c1-3-4-5-12-8(11)7(2)9-6-10/h6H,2-5H2,1H3,(H,9,10). The van der Waals surface area contributed by atoms with E-state index < -0.39 is 5.97 Å². The van der Waals surface area contributed by atoms with E-state index in [-0.39, 0.29) is 5.70 Å². The van der Waals surface area contributed by atoms with Crippen LogP contribution < -0.4 is 5.32 Å². The van der Waals surface area contributed by atoms with Crippen molar-refractivity contribution in [1.29, 1.82) is 0 Å². The van der Waals surface area contributed by atoms with Crippen molar-refractivity contribution in [2.75, 3.05) is 6.61 Å². The molecule has 0 radical (unpaired) electrons. The lowest BCUT2D eigenvalue weighted by Crippen LogP contribution is -2.20. The fraction of sp³-hybridized carbons (Fsp3) is 0.500. The van der Waals surface area contributed by atoms with Gasteiger partial charge in [-0.1, -0.05) is 19.9 Å². The third kappa shape index (κ3) is 4.49. The fourth-order valence-electron chi connectivity index (χ4n) is 0.526. The summed E-state index contributed by atoms with van der Waals surface area (Å²) in [6, 6.07) is 0. The molecule has 0 aliphatic rings. The molecule has 0 unspecified atom stereocenters. The van der Waals surface area contributed by atoms with Gasteiger partial charge in [-0.3, -0.25) is 4.79 Å². The van der Waals surface area contributed by atoms with Crippen molar-refractivity contribution in [3.63, 3.8) is 0 Å². The van der Waals surface area contributed by atoms with E-state index in [1.165, 1.54) is 0 Å². The van der Waals surface area contributed by atoms with Gasteiger partial charge >= 0.3 is 5.97 Å². The van der Waals surface area contributed by atoms with Crippen LogP contribution >= 0.6 is 0 Å². The zero-order valence-corrected chi connectivity index (χ0v) is 7.13. The lowest BCUT2D eigenvalue weighted by atomic mass is 10.4. The minimum atomic E-state index is -0.574. The number of esters is 1. The number of carbonyl (C=O) groups excluding carboxylic acids is 2. The highest BCUT2D eigenvalue weighted by atomic mass is 16.5. The van der Waals surface area contributed by atoms with E-state index in [1.807, 2.05) is 6.92 Å². The molecule has 0 saturated carbocycles. The van der Waals surface area contributed by atoms with Crippen LogP contribution in [0.15, 0.2) is 12.3 Å². The summed E-state index contributed by atoms with van der Waals surface area (Å²) >= 11 is 0. The predicted octanol–water partition coefficient (Wildman–Crippen LogP) is 0.589. The van der Waals surface area contributed by atoms with Gasteiger partial charge in [0, 0.05) is 0 Å². The molecule has 0 heterocycles. The number of unbranched alkanes of at least 4 members (excludes halogenated alkanes) is 1. The van der Waals surface area contributed by atoms with E-state index in [0.717, 1.165) is 12.8 Å². The molecule has 0 aromatic rings. The lowest BCUT2D eigenvalue weighted by molar-refractivity contribution is -0.140. The highest BCUT2D eigenvalue weighted by molar-refractivity contribution is 5.89. The summed E-state index contributed by atoms with van der Waals surface area (Å²) in [7, 11) is 0. The van der Waals surface area contributed by atoms with Crippen LogP contribution in [0.2, 0.25) is 0 Å². The monoisotopic (exact) mass is 171 g/mol. The molecule has 12 heavy (non-hydrogen) atoms. The van der Waals surface area contributed by atoms with Crippen LogP contribution in [-0.4, -0.2) is 19.0 Å². The van der Waals surface area contributed by atoms with Crippen molar-refractivity contribution in [3.05, 3.63) is 12.3 Å². The Morgan fingerprint density at radius 2 is 2.33 bits per heavy atom. The Morgan fingerprint density at radius 3 is 2.83 bits per heavy atom. The Balaban J connectivity index is 3.57. The second-order valence-corrected chi connectivity index (χ2v) is 2.23. The minimum absolute atomic E-state index is 0.0268. The van der Waals surface area contributed by atoms with Crippen molar-refractivity contribution >= 4 is 12.4 Å². The van der Waals surface area contributed by atoms with Crippen LogP contribution in [0.25, 0.3) is 0 Å². The van der Waals surface area contributed by atoms with Crippen LogP contribution in [-0.2, 0) is 14.3 Å². The van der Waals surface area contributed by atoms with Gasteiger partial charge < -0.3 is 10.1 Å². The molecule has 0 rings (SSSR count). The van der Waals surface area contributed by atoms with E-state index in [9.17, 15) is 9.59 Å².